The van der Waals surface area contributed by atoms with Crippen molar-refractivity contribution in [2.24, 2.45) is 5.14 Å². The lowest BCUT2D eigenvalue weighted by molar-refractivity contribution is 0.0827. The van der Waals surface area contributed by atoms with Crippen LogP contribution in [0, 0.1) is 0 Å². The van der Waals surface area contributed by atoms with Crippen molar-refractivity contribution in [2.75, 3.05) is 32.1 Å². The van der Waals surface area contributed by atoms with Gasteiger partial charge in [0.15, 0.2) is 5.75 Å². The zero-order valence-corrected chi connectivity index (χ0v) is 23.6. The molecule has 0 aromatic heterocycles. The van der Waals surface area contributed by atoms with Crippen molar-refractivity contribution >= 4 is 21.6 Å². The Morgan fingerprint density at radius 2 is 1.68 bits per heavy atom. The molecule has 0 bridgehead atoms. The van der Waals surface area contributed by atoms with E-state index in [0.717, 1.165) is 25.7 Å². The summed E-state index contributed by atoms with van der Waals surface area (Å²) in [5, 5.41) is 8.36. The molecule has 0 aliphatic heterocycles. The van der Waals surface area contributed by atoms with E-state index >= 15 is 0 Å². The number of anilines is 1. The van der Waals surface area contributed by atoms with Crippen molar-refractivity contribution in [3.8, 4) is 11.5 Å². The Morgan fingerprint density at radius 3 is 2.11 bits per heavy atom. The van der Waals surface area contributed by atoms with E-state index < -0.39 is 10.0 Å². The lowest BCUT2D eigenvalue weighted by atomic mass is 10.1. The van der Waals surface area contributed by atoms with E-state index in [1.54, 1.807) is 38.5 Å². The second-order valence-corrected chi connectivity index (χ2v) is 10.1. The van der Waals surface area contributed by atoms with Crippen molar-refractivity contribution in [3.05, 3.63) is 73.1 Å². The number of hydrogen-bond acceptors (Lipinski definition) is 6. The fourth-order valence-corrected chi connectivity index (χ4v) is 4.04. The van der Waals surface area contributed by atoms with E-state index in [9.17, 15) is 13.2 Å². The lowest BCUT2D eigenvalue weighted by Gasteiger charge is -2.28. The second kappa shape index (κ2) is 16.4. The predicted molar refractivity (Wildman–Crippen MR) is 153 cm³/mol. The third kappa shape index (κ3) is 10.7. The average Bonchev–Trinajstić information content (AvgIpc) is 2.87. The minimum atomic E-state index is -4.15. The molecule has 9 heteroatoms. The number of para-hydroxylation sites is 1. The molecular weight excluding hydrogens is 488 g/mol. The monoisotopic (exact) mass is 530 g/mol. The molecule has 0 atom stereocenters. The number of hydrogen-bond donors (Lipinski definition) is 2. The maximum atomic E-state index is 12.7. The number of ether oxygens (including phenoxy) is 1. The lowest BCUT2D eigenvalue weighted by Crippen LogP contribution is -2.28. The number of carbonyl (C=O) groups is 1. The predicted octanol–water partition coefficient (Wildman–Crippen LogP) is 5.49. The molecule has 1 amide bonds. The Bertz CT molecular complexity index is 1110. The van der Waals surface area contributed by atoms with Crippen molar-refractivity contribution in [2.45, 2.75) is 51.3 Å². The number of nitrogens with one attached hydrogen (secondary N) is 1. The molecule has 37 heavy (non-hydrogen) atoms. The third-order valence-electron chi connectivity index (χ3n) is 5.24. The summed E-state index contributed by atoms with van der Waals surface area (Å²) in [5.41, 5.74) is 0.810. The van der Waals surface area contributed by atoms with Gasteiger partial charge in [-0.25, -0.2) is 13.6 Å². The van der Waals surface area contributed by atoms with Crippen LogP contribution in [0.4, 0.5) is 5.69 Å². The number of sulfonamides is 1. The first-order valence-electron chi connectivity index (χ1n) is 12.5. The Balaban J connectivity index is 0.00000102. The topological polar surface area (TPSA) is 105 Å². The van der Waals surface area contributed by atoms with Crippen LogP contribution < -0.4 is 20.1 Å². The molecule has 0 spiro atoms. The number of nitrogens with zero attached hydrogens (tertiary/aromatic N) is 2. The number of rotatable bonds is 13. The van der Waals surface area contributed by atoms with Gasteiger partial charge in [-0.05, 0) is 56.4 Å². The maximum Gasteiger partial charge on any atom is 0.253 e. The molecule has 2 aromatic rings. The number of primary sulfonamides is 1. The molecule has 2 rings (SSSR count). The van der Waals surface area contributed by atoms with Gasteiger partial charge in [-0.3, -0.25) is 4.79 Å². The summed E-state index contributed by atoms with van der Waals surface area (Å²) in [6, 6.07) is 12.0. The van der Waals surface area contributed by atoms with Crippen molar-refractivity contribution in [1.29, 1.82) is 0 Å². The number of unbranched alkanes of at least 4 members (excludes halogenated alkanes) is 2. The summed E-state index contributed by atoms with van der Waals surface area (Å²) in [5.74, 6) is 0.339. The van der Waals surface area contributed by atoms with Gasteiger partial charge in [-0.2, -0.15) is 0 Å². The number of allylic oxidation sites excluding steroid dienone is 1. The van der Waals surface area contributed by atoms with Crippen LogP contribution in [0.25, 0.3) is 0 Å². The van der Waals surface area contributed by atoms with Gasteiger partial charge in [0.1, 0.15) is 10.6 Å². The molecule has 0 aliphatic carbocycles. The number of benzene rings is 2. The van der Waals surface area contributed by atoms with E-state index in [1.807, 2.05) is 37.4 Å². The fourth-order valence-electron chi connectivity index (χ4n) is 3.34. The smallest absolute Gasteiger partial charge is 0.253 e. The highest BCUT2D eigenvalue weighted by atomic mass is 32.2. The van der Waals surface area contributed by atoms with Gasteiger partial charge < -0.3 is 19.9 Å². The standard InChI is InChI=1S/C23H33N3O4S.C5H9N/c1-5-7-14-26(15-8-6-2)20-16-18(23(27)25(3)4)17-21(31(24,28)29)22(20)30-19-12-10-9-11-13-19;1-3-5-6-4-2/h9-13,16-17H,5-8,14-15H2,1-4H3,(H2,24,28,29);3-6H,2H2,1H3/b;5-3-. The van der Waals surface area contributed by atoms with Crippen molar-refractivity contribution in [1.82, 2.24) is 10.2 Å². The van der Waals surface area contributed by atoms with Crippen LogP contribution >= 0.6 is 0 Å². The summed E-state index contributed by atoms with van der Waals surface area (Å²) < 4.78 is 31.2. The molecule has 0 radical (unpaired) electrons. The molecule has 8 nitrogen and oxygen atoms in total. The molecule has 0 fully saturated rings. The quantitative estimate of drug-likeness (QED) is 0.355. The first kappa shape index (κ1) is 31.7. The van der Waals surface area contributed by atoms with Crippen LogP contribution in [-0.2, 0) is 10.0 Å². The zero-order valence-electron chi connectivity index (χ0n) is 22.7. The SMILES string of the molecule is C=CN/C=C\C.CCCCN(CCCC)c1cc(C(=O)N(C)C)cc(S(N)(=O)=O)c1Oc1ccccc1. The average molecular weight is 531 g/mol. The van der Waals surface area contributed by atoms with Gasteiger partial charge in [0, 0.05) is 32.7 Å². The summed E-state index contributed by atoms with van der Waals surface area (Å²) in [4.78, 5) is 16.0. The number of carbonyl (C=O) groups excluding carboxylic acids is 1. The molecule has 3 N–H and O–H groups in total. The van der Waals surface area contributed by atoms with E-state index in [4.69, 9.17) is 9.88 Å². The van der Waals surface area contributed by atoms with Gasteiger partial charge in [-0.15, -0.1) is 0 Å². The van der Waals surface area contributed by atoms with Crippen LogP contribution in [0.15, 0.2) is 72.4 Å². The molecule has 0 unspecified atom stereocenters. The summed E-state index contributed by atoms with van der Waals surface area (Å²) in [6.07, 6.45) is 9.15. The van der Waals surface area contributed by atoms with Gasteiger partial charge in [0.25, 0.3) is 5.91 Å². The van der Waals surface area contributed by atoms with Crippen LogP contribution in [0.5, 0.6) is 11.5 Å². The highest BCUT2D eigenvalue weighted by Gasteiger charge is 2.26. The molecule has 0 saturated heterocycles. The van der Waals surface area contributed by atoms with E-state index in [-0.39, 0.29) is 22.1 Å². The van der Waals surface area contributed by atoms with E-state index in [0.29, 0.717) is 24.5 Å². The number of amides is 1. The Labute approximate surface area is 222 Å². The number of nitrogens with two attached hydrogens (primary N) is 1. The molecule has 2 aromatic carbocycles. The van der Waals surface area contributed by atoms with Gasteiger partial charge in [0.05, 0.1) is 5.69 Å². The van der Waals surface area contributed by atoms with Gasteiger partial charge in [-0.1, -0.05) is 57.5 Å². The van der Waals surface area contributed by atoms with E-state index in [1.165, 1.54) is 11.0 Å². The molecule has 204 valence electrons. The highest BCUT2D eigenvalue weighted by Crippen LogP contribution is 2.39. The Kier molecular flexibility index (Phi) is 14.1. The van der Waals surface area contributed by atoms with Crippen LogP contribution in [-0.4, -0.2) is 46.4 Å². The first-order chi connectivity index (χ1) is 17.6. The molecular formula is C28H42N4O4S. The summed E-state index contributed by atoms with van der Waals surface area (Å²) in [7, 11) is -0.907. The van der Waals surface area contributed by atoms with Gasteiger partial charge >= 0.3 is 0 Å². The Morgan fingerprint density at radius 1 is 1.08 bits per heavy atom. The van der Waals surface area contributed by atoms with E-state index in [2.05, 4.69) is 30.6 Å². The molecule has 0 heterocycles. The van der Waals surface area contributed by atoms with Gasteiger partial charge in [0.2, 0.25) is 10.0 Å². The third-order valence-corrected chi connectivity index (χ3v) is 6.16. The van der Waals surface area contributed by atoms with Crippen LogP contribution in [0.2, 0.25) is 0 Å². The highest BCUT2D eigenvalue weighted by molar-refractivity contribution is 7.89. The molecule has 0 aliphatic rings. The fraction of sp³-hybridized carbons (Fsp3) is 0.393. The normalized spacial score (nSPS) is 10.9. The van der Waals surface area contributed by atoms with Crippen molar-refractivity contribution in [3.63, 3.8) is 0 Å². The zero-order chi connectivity index (χ0) is 27.8. The van der Waals surface area contributed by atoms with Crippen molar-refractivity contribution < 1.29 is 17.9 Å². The van der Waals surface area contributed by atoms with Crippen LogP contribution in [0.1, 0.15) is 56.8 Å². The minimum Gasteiger partial charge on any atom is -0.454 e. The largest absolute Gasteiger partial charge is 0.454 e. The Hall–Kier alpha value is -3.30. The minimum absolute atomic E-state index is 0.149. The summed E-state index contributed by atoms with van der Waals surface area (Å²) in [6.45, 7) is 11.0. The first-order valence-corrected chi connectivity index (χ1v) is 14.0. The summed E-state index contributed by atoms with van der Waals surface area (Å²) >= 11 is 0. The molecule has 0 saturated carbocycles. The maximum absolute atomic E-state index is 12.7. The van der Waals surface area contributed by atoms with Crippen LogP contribution in [0.3, 0.4) is 0 Å². The second-order valence-electron chi connectivity index (χ2n) is 8.55.